The van der Waals surface area contributed by atoms with E-state index in [9.17, 15) is 13.2 Å². The average Bonchev–Trinajstić information content (AvgIpc) is 1.86. The minimum absolute atomic E-state index is 0.0822. The Balaban J connectivity index is 2.54. The molecule has 0 fully saturated rings. The van der Waals surface area contributed by atoms with Crippen LogP contribution in [0.4, 0.5) is 13.2 Å². The molecule has 0 spiro atoms. The summed E-state index contributed by atoms with van der Waals surface area (Å²) in [5.74, 6) is -0.944. The van der Waals surface area contributed by atoms with Crippen LogP contribution in [0.15, 0.2) is 4.99 Å². The van der Waals surface area contributed by atoms with E-state index in [1.54, 1.807) is 0 Å². The first kappa shape index (κ1) is 8.36. The molecular formula is C6H9F3N2. The fourth-order valence-corrected chi connectivity index (χ4v) is 0.987. The van der Waals surface area contributed by atoms with Gasteiger partial charge in [-0.25, -0.2) is 0 Å². The molecule has 0 aliphatic carbocycles. The molecular weight excluding hydrogens is 157 g/mol. The number of halogens is 3. The van der Waals surface area contributed by atoms with Crippen molar-refractivity contribution in [3.8, 4) is 0 Å². The summed E-state index contributed by atoms with van der Waals surface area (Å²) in [6, 6.07) is 0. The zero-order chi connectivity index (χ0) is 8.48. The Morgan fingerprint density at radius 1 is 1.45 bits per heavy atom. The summed E-state index contributed by atoms with van der Waals surface area (Å²) in [5.41, 5.74) is 5.22. The van der Waals surface area contributed by atoms with Crippen LogP contribution in [0, 0.1) is 5.92 Å². The Morgan fingerprint density at radius 3 is 2.45 bits per heavy atom. The molecule has 0 radical (unpaired) electrons. The first-order valence-corrected chi connectivity index (χ1v) is 3.35. The molecule has 0 aromatic carbocycles. The van der Waals surface area contributed by atoms with Crippen molar-refractivity contribution in [3.05, 3.63) is 0 Å². The number of alkyl halides is 3. The summed E-state index contributed by atoms with van der Waals surface area (Å²) in [4.78, 5) is 3.55. The molecule has 5 heteroatoms. The quantitative estimate of drug-likeness (QED) is 0.579. The average molecular weight is 166 g/mol. The van der Waals surface area contributed by atoms with Gasteiger partial charge in [-0.2, -0.15) is 13.2 Å². The molecule has 1 aliphatic heterocycles. The van der Waals surface area contributed by atoms with Gasteiger partial charge in [-0.05, 0) is 6.42 Å². The van der Waals surface area contributed by atoms with E-state index in [2.05, 4.69) is 4.99 Å². The first-order valence-electron chi connectivity index (χ1n) is 3.35. The SMILES string of the molecule is NC1=NC[C@@H](C(F)(F)F)CC1. The van der Waals surface area contributed by atoms with E-state index in [4.69, 9.17) is 5.73 Å². The van der Waals surface area contributed by atoms with Gasteiger partial charge in [0, 0.05) is 6.42 Å². The third-order valence-electron chi connectivity index (χ3n) is 1.73. The van der Waals surface area contributed by atoms with Crippen LogP contribution in [0.25, 0.3) is 0 Å². The third kappa shape index (κ3) is 2.10. The second kappa shape index (κ2) is 2.71. The van der Waals surface area contributed by atoms with Gasteiger partial charge >= 0.3 is 6.18 Å². The summed E-state index contributed by atoms with van der Waals surface area (Å²) in [6.07, 6.45) is -3.76. The number of hydrogen-bond donors (Lipinski definition) is 1. The smallest absolute Gasteiger partial charge is 0.387 e. The minimum atomic E-state index is -4.11. The molecule has 11 heavy (non-hydrogen) atoms. The van der Waals surface area contributed by atoms with Crippen molar-refractivity contribution >= 4 is 5.84 Å². The molecule has 2 N–H and O–H groups in total. The fourth-order valence-electron chi connectivity index (χ4n) is 0.987. The van der Waals surface area contributed by atoms with Crippen LogP contribution in [0.2, 0.25) is 0 Å². The lowest BCUT2D eigenvalue weighted by Crippen LogP contribution is -2.31. The van der Waals surface area contributed by atoms with Crippen molar-refractivity contribution in [1.82, 2.24) is 0 Å². The highest BCUT2D eigenvalue weighted by Gasteiger charge is 2.40. The molecule has 0 unspecified atom stereocenters. The Labute approximate surface area is 62.3 Å². The summed E-state index contributed by atoms with van der Waals surface area (Å²) >= 11 is 0. The maximum Gasteiger partial charge on any atom is 0.393 e. The second-order valence-corrected chi connectivity index (χ2v) is 2.61. The van der Waals surface area contributed by atoms with Crippen molar-refractivity contribution in [1.29, 1.82) is 0 Å². The molecule has 0 aromatic heterocycles. The van der Waals surface area contributed by atoms with E-state index in [0.29, 0.717) is 5.84 Å². The Kier molecular flexibility index (Phi) is 2.06. The fraction of sp³-hybridized carbons (Fsp3) is 0.833. The molecule has 0 bridgehead atoms. The highest BCUT2D eigenvalue weighted by molar-refractivity contribution is 5.80. The van der Waals surface area contributed by atoms with Gasteiger partial charge in [0.1, 0.15) is 0 Å². The molecule has 0 amide bonds. The first-order chi connectivity index (χ1) is 5.00. The molecule has 0 saturated carbocycles. The Hall–Kier alpha value is -0.740. The van der Waals surface area contributed by atoms with Gasteiger partial charge in [-0.15, -0.1) is 0 Å². The van der Waals surface area contributed by atoms with Crippen molar-refractivity contribution < 1.29 is 13.2 Å². The number of nitrogens with zero attached hydrogens (tertiary/aromatic N) is 1. The van der Waals surface area contributed by atoms with Crippen LogP contribution >= 0.6 is 0 Å². The van der Waals surface area contributed by atoms with E-state index >= 15 is 0 Å². The van der Waals surface area contributed by atoms with E-state index in [1.165, 1.54) is 0 Å². The minimum Gasteiger partial charge on any atom is -0.387 e. The number of aliphatic imine (C=N–C) groups is 1. The van der Waals surface area contributed by atoms with Crippen LogP contribution in [0.3, 0.4) is 0 Å². The van der Waals surface area contributed by atoms with Crippen molar-refractivity contribution in [3.63, 3.8) is 0 Å². The van der Waals surface area contributed by atoms with Gasteiger partial charge in [-0.3, -0.25) is 4.99 Å². The van der Waals surface area contributed by atoms with Crippen LogP contribution < -0.4 is 5.73 Å². The van der Waals surface area contributed by atoms with Gasteiger partial charge < -0.3 is 5.73 Å². The van der Waals surface area contributed by atoms with E-state index < -0.39 is 12.1 Å². The van der Waals surface area contributed by atoms with E-state index in [1.807, 2.05) is 0 Å². The largest absolute Gasteiger partial charge is 0.393 e. The number of hydrogen-bond acceptors (Lipinski definition) is 2. The molecule has 0 aromatic rings. The van der Waals surface area contributed by atoms with Gasteiger partial charge in [0.2, 0.25) is 0 Å². The molecule has 0 saturated heterocycles. The predicted octanol–water partition coefficient (Wildman–Crippen LogP) is 1.32. The van der Waals surface area contributed by atoms with E-state index in [0.717, 1.165) is 0 Å². The molecule has 1 heterocycles. The number of rotatable bonds is 0. The predicted molar refractivity (Wildman–Crippen MR) is 35.3 cm³/mol. The van der Waals surface area contributed by atoms with Crippen molar-refractivity contribution in [2.24, 2.45) is 16.6 Å². The van der Waals surface area contributed by atoms with Gasteiger partial charge in [-0.1, -0.05) is 0 Å². The third-order valence-corrected chi connectivity index (χ3v) is 1.73. The molecule has 64 valence electrons. The number of amidine groups is 1. The monoisotopic (exact) mass is 166 g/mol. The zero-order valence-corrected chi connectivity index (χ0v) is 5.86. The lowest BCUT2D eigenvalue weighted by molar-refractivity contribution is -0.173. The Bertz CT molecular complexity index is 173. The Morgan fingerprint density at radius 2 is 2.09 bits per heavy atom. The second-order valence-electron chi connectivity index (χ2n) is 2.61. The molecule has 1 rings (SSSR count). The lowest BCUT2D eigenvalue weighted by Gasteiger charge is -2.21. The van der Waals surface area contributed by atoms with Crippen molar-refractivity contribution in [2.75, 3.05) is 6.54 Å². The summed E-state index contributed by atoms with van der Waals surface area (Å²) in [6.45, 7) is -0.199. The topological polar surface area (TPSA) is 38.4 Å². The normalized spacial score (nSPS) is 26.5. The van der Waals surface area contributed by atoms with Crippen LogP contribution in [-0.2, 0) is 0 Å². The summed E-state index contributed by atoms with van der Waals surface area (Å²) < 4.78 is 35.9. The van der Waals surface area contributed by atoms with Crippen LogP contribution in [-0.4, -0.2) is 18.6 Å². The highest BCUT2D eigenvalue weighted by Crippen LogP contribution is 2.31. The molecule has 1 atom stereocenters. The molecule has 1 aliphatic rings. The maximum atomic E-state index is 12.0. The highest BCUT2D eigenvalue weighted by atomic mass is 19.4. The number of nitrogens with two attached hydrogens (primary N) is 1. The van der Waals surface area contributed by atoms with Crippen molar-refractivity contribution in [2.45, 2.75) is 19.0 Å². The summed E-state index contributed by atoms with van der Waals surface area (Å²) in [5, 5.41) is 0. The standard InChI is InChI=1S/C6H9F3N2/c7-6(8,9)4-1-2-5(10)11-3-4/h4H,1-3H2,(H2,10,11)/t4-/m0/s1. The molecule has 2 nitrogen and oxygen atoms in total. The van der Waals surface area contributed by atoms with Gasteiger partial charge in [0.25, 0.3) is 0 Å². The van der Waals surface area contributed by atoms with Gasteiger partial charge in [0.15, 0.2) is 0 Å². The summed E-state index contributed by atoms with van der Waals surface area (Å²) in [7, 11) is 0. The van der Waals surface area contributed by atoms with Crippen LogP contribution in [0.5, 0.6) is 0 Å². The maximum absolute atomic E-state index is 12.0. The van der Waals surface area contributed by atoms with Crippen LogP contribution in [0.1, 0.15) is 12.8 Å². The van der Waals surface area contributed by atoms with E-state index in [-0.39, 0.29) is 19.4 Å². The lowest BCUT2D eigenvalue weighted by atomic mass is 10.00. The zero-order valence-electron chi connectivity index (χ0n) is 5.86. The van der Waals surface area contributed by atoms with Gasteiger partial charge in [0.05, 0.1) is 18.3 Å².